The molecule has 2 aromatic carbocycles. The Morgan fingerprint density at radius 1 is 1.11 bits per heavy atom. The van der Waals surface area contributed by atoms with Crippen LogP contribution in [0.15, 0.2) is 41.8 Å². The van der Waals surface area contributed by atoms with Crippen LogP contribution in [0, 0.1) is 20.8 Å². The molecule has 2 rings (SSSR count). The van der Waals surface area contributed by atoms with Crippen LogP contribution >= 0.6 is 11.6 Å². The number of sulfonamides is 1. The van der Waals surface area contributed by atoms with Gasteiger partial charge in [-0.2, -0.15) is 4.31 Å². The number of anilines is 1. The average molecular weight is 407 g/mol. The van der Waals surface area contributed by atoms with E-state index in [2.05, 4.69) is 5.32 Å². The molecule has 0 aromatic heterocycles. The molecule has 1 N–H and O–H groups in total. The highest BCUT2D eigenvalue weighted by Gasteiger charge is 2.18. The maximum atomic E-state index is 12.4. The molecular weight excluding hydrogens is 384 g/mol. The fourth-order valence-electron chi connectivity index (χ4n) is 2.69. The van der Waals surface area contributed by atoms with Gasteiger partial charge in [0.15, 0.2) is 0 Å². The first-order valence-corrected chi connectivity index (χ1v) is 10.2. The molecule has 0 aliphatic heterocycles. The van der Waals surface area contributed by atoms with E-state index in [0.29, 0.717) is 16.3 Å². The minimum absolute atomic E-state index is 0.278. The van der Waals surface area contributed by atoms with E-state index in [1.54, 1.807) is 24.3 Å². The molecule has 144 valence electrons. The summed E-state index contributed by atoms with van der Waals surface area (Å²) in [6.07, 6.45) is 1.47. The molecule has 1 amide bonds. The number of halogens is 1. The minimum atomic E-state index is -3.72. The zero-order chi connectivity index (χ0) is 20.2. The molecule has 0 radical (unpaired) electrons. The maximum Gasteiger partial charge on any atom is 0.239 e. The molecular formula is C20H23ClN2O3S. The van der Waals surface area contributed by atoms with Gasteiger partial charge in [0.25, 0.3) is 0 Å². The van der Waals surface area contributed by atoms with Crippen molar-refractivity contribution in [2.45, 2.75) is 20.8 Å². The Morgan fingerprint density at radius 3 is 2.22 bits per heavy atom. The lowest BCUT2D eigenvalue weighted by molar-refractivity contribution is -0.116. The van der Waals surface area contributed by atoms with Crippen molar-refractivity contribution in [1.29, 1.82) is 0 Å². The molecule has 0 unspecified atom stereocenters. The van der Waals surface area contributed by atoms with Crippen LogP contribution in [0.25, 0.3) is 6.08 Å². The van der Waals surface area contributed by atoms with E-state index in [-0.39, 0.29) is 6.54 Å². The van der Waals surface area contributed by atoms with Crippen molar-refractivity contribution < 1.29 is 13.2 Å². The van der Waals surface area contributed by atoms with Crippen molar-refractivity contribution in [2.75, 3.05) is 18.9 Å². The Kier molecular flexibility index (Phi) is 6.81. The van der Waals surface area contributed by atoms with Crippen LogP contribution in [-0.4, -0.2) is 32.2 Å². The predicted molar refractivity (Wildman–Crippen MR) is 111 cm³/mol. The Hall–Kier alpha value is -2.15. The maximum absolute atomic E-state index is 12.4. The van der Waals surface area contributed by atoms with Gasteiger partial charge in [-0.25, -0.2) is 8.42 Å². The fraction of sp³-hybridized carbons (Fsp3) is 0.250. The summed E-state index contributed by atoms with van der Waals surface area (Å²) in [5.74, 6) is -0.393. The van der Waals surface area contributed by atoms with E-state index in [1.165, 1.54) is 13.1 Å². The van der Waals surface area contributed by atoms with Crippen LogP contribution in [0.3, 0.4) is 0 Å². The van der Waals surface area contributed by atoms with Gasteiger partial charge in [-0.3, -0.25) is 4.79 Å². The van der Waals surface area contributed by atoms with Gasteiger partial charge < -0.3 is 5.32 Å². The van der Waals surface area contributed by atoms with Crippen molar-refractivity contribution >= 4 is 39.3 Å². The lowest BCUT2D eigenvalue weighted by Crippen LogP contribution is -2.34. The van der Waals surface area contributed by atoms with Crippen LogP contribution in [0.5, 0.6) is 0 Å². The van der Waals surface area contributed by atoms with Gasteiger partial charge in [-0.05, 0) is 55.7 Å². The summed E-state index contributed by atoms with van der Waals surface area (Å²) < 4.78 is 25.7. The third kappa shape index (κ3) is 5.92. The molecule has 0 atom stereocenters. The molecule has 0 heterocycles. The summed E-state index contributed by atoms with van der Waals surface area (Å²) in [5, 5.41) is 4.45. The van der Waals surface area contributed by atoms with Crippen LogP contribution < -0.4 is 5.32 Å². The number of nitrogens with zero attached hydrogens (tertiary/aromatic N) is 1. The van der Waals surface area contributed by atoms with Crippen LogP contribution in [0.1, 0.15) is 22.3 Å². The first-order chi connectivity index (χ1) is 12.6. The standard InChI is InChI=1S/C20H23ClN2O3S/c1-14-11-15(2)20(16(3)12-14)22-19(24)13-23(4)27(25,26)10-9-17-5-7-18(21)8-6-17/h5-12H,13H2,1-4H3,(H,22,24)/b10-9+. The second-order valence-corrected chi connectivity index (χ2v) is 8.84. The minimum Gasteiger partial charge on any atom is -0.324 e. The average Bonchev–Trinajstić information content (AvgIpc) is 2.57. The number of carbonyl (C=O) groups excluding carboxylic acids is 1. The number of hydrogen-bond donors (Lipinski definition) is 1. The molecule has 5 nitrogen and oxygen atoms in total. The van der Waals surface area contributed by atoms with E-state index in [0.717, 1.165) is 26.4 Å². The summed E-state index contributed by atoms with van der Waals surface area (Å²) >= 11 is 5.81. The fourth-order valence-corrected chi connectivity index (χ4v) is 3.65. The lowest BCUT2D eigenvalue weighted by Gasteiger charge is -2.17. The van der Waals surface area contributed by atoms with E-state index in [9.17, 15) is 13.2 Å². The van der Waals surface area contributed by atoms with Gasteiger partial charge in [0, 0.05) is 23.2 Å². The van der Waals surface area contributed by atoms with Gasteiger partial charge in [-0.1, -0.05) is 41.4 Å². The number of carbonyl (C=O) groups is 1. The van der Waals surface area contributed by atoms with Crippen molar-refractivity contribution in [1.82, 2.24) is 4.31 Å². The van der Waals surface area contributed by atoms with Gasteiger partial charge in [0.05, 0.1) is 6.54 Å². The monoisotopic (exact) mass is 406 g/mol. The number of aryl methyl sites for hydroxylation is 3. The van der Waals surface area contributed by atoms with Crippen molar-refractivity contribution in [3.05, 3.63) is 69.1 Å². The number of amides is 1. The predicted octanol–water partition coefficient (Wildman–Crippen LogP) is 4.14. The summed E-state index contributed by atoms with van der Waals surface area (Å²) in [6, 6.07) is 10.7. The smallest absolute Gasteiger partial charge is 0.239 e. The molecule has 0 saturated carbocycles. The molecule has 0 saturated heterocycles. The zero-order valence-corrected chi connectivity index (χ0v) is 17.4. The number of likely N-dealkylation sites (N-methyl/N-ethyl adjacent to an activating group) is 1. The molecule has 0 bridgehead atoms. The summed E-state index contributed by atoms with van der Waals surface area (Å²) in [7, 11) is -2.35. The normalized spacial score (nSPS) is 11.9. The number of nitrogens with one attached hydrogen (secondary N) is 1. The molecule has 0 fully saturated rings. The number of benzene rings is 2. The van der Waals surface area contributed by atoms with E-state index in [4.69, 9.17) is 11.6 Å². The molecule has 0 aliphatic rings. The van der Waals surface area contributed by atoms with Gasteiger partial charge >= 0.3 is 0 Å². The number of rotatable bonds is 6. The molecule has 2 aromatic rings. The highest BCUT2D eigenvalue weighted by Crippen LogP contribution is 2.22. The first kappa shape index (κ1) is 21.2. The van der Waals surface area contributed by atoms with Crippen molar-refractivity contribution in [3.8, 4) is 0 Å². The quantitative estimate of drug-likeness (QED) is 0.784. The molecule has 27 heavy (non-hydrogen) atoms. The third-order valence-electron chi connectivity index (χ3n) is 4.04. The van der Waals surface area contributed by atoms with Crippen molar-refractivity contribution in [3.63, 3.8) is 0 Å². The number of hydrogen-bond acceptors (Lipinski definition) is 3. The highest BCUT2D eigenvalue weighted by atomic mass is 35.5. The van der Waals surface area contributed by atoms with Gasteiger partial charge in [0.1, 0.15) is 0 Å². The van der Waals surface area contributed by atoms with Crippen LogP contribution in [0.4, 0.5) is 5.69 Å². The van der Waals surface area contributed by atoms with Gasteiger partial charge in [-0.15, -0.1) is 0 Å². The van der Waals surface area contributed by atoms with Gasteiger partial charge in [0.2, 0.25) is 15.9 Å². The SMILES string of the molecule is Cc1cc(C)c(NC(=O)CN(C)S(=O)(=O)/C=C/c2ccc(Cl)cc2)c(C)c1. The summed E-state index contributed by atoms with van der Waals surface area (Å²) in [6.45, 7) is 5.52. The second-order valence-electron chi connectivity index (χ2n) is 6.48. The second kappa shape index (κ2) is 8.69. The topological polar surface area (TPSA) is 66.5 Å². The van der Waals surface area contributed by atoms with E-state index >= 15 is 0 Å². The van der Waals surface area contributed by atoms with E-state index < -0.39 is 15.9 Å². The van der Waals surface area contributed by atoms with Crippen LogP contribution in [-0.2, 0) is 14.8 Å². The first-order valence-electron chi connectivity index (χ1n) is 8.36. The highest BCUT2D eigenvalue weighted by molar-refractivity contribution is 7.92. The molecule has 0 spiro atoms. The molecule has 7 heteroatoms. The Bertz CT molecular complexity index is 944. The summed E-state index contributed by atoms with van der Waals surface area (Å²) in [4.78, 5) is 12.3. The third-order valence-corrected chi connectivity index (χ3v) is 5.77. The lowest BCUT2D eigenvalue weighted by atomic mass is 10.1. The summed E-state index contributed by atoms with van der Waals surface area (Å²) in [5.41, 5.74) is 4.40. The van der Waals surface area contributed by atoms with Crippen LogP contribution in [0.2, 0.25) is 5.02 Å². The zero-order valence-electron chi connectivity index (χ0n) is 15.8. The molecule has 0 aliphatic carbocycles. The largest absolute Gasteiger partial charge is 0.324 e. The Labute approximate surface area is 165 Å². The van der Waals surface area contributed by atoms with E-state index in [1.807, 2.05) is 32.9 Å². The Morgan fingerprint density at radius 2 is 1.67 bits per heavy atom. The van der Waals surface area contributed by atoms with Crippen molar-refractivity contribution in [2.24, 2.45) is 0 Å². The Balaban J connectivity index is 2.05.